The zero-order valence-corrected chi connectivity index (χ0v) is 15.1. The lowest BCUT2D eigenvalue weighted by Gasteiger charge is -2.25. The van der Waals surface area contributed by atoms with Gasteiger partial charge in [-0.3, -0.25) is 9.59 Å². The molecule has 25 heavy (non-hydrogen) atoms. The predicted molar refractivity (Wildman–Crippen MR) is 93.7 cm³/mol. The van der Waals surface area contributed by atoms with Crippen LogP contribution < -0.4 is 16.0 Å². The van der Waals surface area contributed by atoms with Gasteiger partial charge >= 0.3 is 0 Å². The Morgan fingerprint density at radius 2 is 1.92 bits per heavy atom. The highest BCUT2D eigenvalue weighted by molar-refractivity contribution is 7.89. The summed E-state index contributed by atoms with van der Waals surface area (Å²) in [6.07, 6.45) is 1.03. The number of carbonyl (C=O) groups excluding carboxylic acids is 2. The molecule has 2 amide bonds. The zero-order valence-electron chi connectivity index (χ0n) is 14.2. The standard InChI is InChI=1S/C16H24N4O4S/c1-2-7-17-8-9-19-16(22)13-3-5-14(6-4-13)25(23,24)20-11-10-18-15(21)12-20/h3-6,17H,2,7-12H2,1H3,(H,18,21)(H,19,22). The first-order valence-corrected chi connectivity index (χ1v) is 9.75. The molecule has 9 heteroatoms. The van der Waals surface area contributed by atoms with Gasteiger partial charge in [0.1, 0.15) is 0 Å². The molecule has 0 spiro atoms. The van der Waals surface area contributed by atoms with Crippen LogP contribution in [0.15, 0.2) is 29.2 Å². The molecule has 0 saturated carbocycles. The van der Waals surface area contributed by atoms with Crippen molar-refractivity contribution in [3.05, 3.63) is 29.8 Å². The highest BCUT2D eigenvalue weighted by Crippen LogP contribution is 2.17. The minimum absolute atomic E-state index is 0.0726. The van der Waals surface area contributed by atoms with Crippen LogP contribution in [0.2, 0.25) is 0 Å². The van der Waals surface area contributed by atoms with Crippen molar-refractivity contribution in [3.8, 4) is 0 Å². The summed E-state index contributed by atoms with van der Waals surface area (Å²) in [4.78, 5) is 23.5. The highest BCUT2D eigenvalue weighted by atomic mass is 32.2. The summed E-state index contributed by atoms with van der Waals surface area (Å²) in [5.41, 5.74) is 0.394. The lowest BCUT2D eigenvalue weighted by atomic mass is 10.2. The molecule has 0 atom stereocenters. The van der Waals surface area contributed by atoms with Crippen LogP contribution in [-0.2, 0) is 14.8 Å². The Labute approximate surface area is 148 Å². The van der Waals surface area contributed by atoms with Crippen LogP contribution in [-0.4, -0.2) is 63.8 Å². The third-order valence-electron chi connectivity index (χ3n) is 3.77. The van der Waals surface area contributed by atoms with Crippen LogP contribution in [0.3, 0.4) is 0 Å². The molecule has 138 valence electrons. The topological polar surface area (TPSA) is 108 Å². The van der Waals surface area contributed by atoms with Gasteiger partial charge in [-0.2, -0.15) is 4.31 Å². The Morgan fingerprint density at radius 3 is 2.56 bits per heavy atom. The molecule has 1 saturated heterocycles. The fourth-order valence-electron chi connectivity index (χ4n) is 2.42. The van der Waals surface area contributed by atoms with E-state index in [9.17, 15) is 18.0 Å². The number of hydrogen-bond acceptors (Lipinski definition) is 5. The first kappa shape index (κ1) is 19.4. The summed E-state index contributed by atoms with van der Waals surface area (Å²) in [5, 5.41) is 8.54. The third-order valence-corrected chi connectivity index (χ3v) is 5.63. The average Bonchev–Trinajstić information content (AvgIpc) is 2.61. The Hall–Kier alpha value is -1.97. The van der Waals surface area contributed by atoms with E-state index < -0.39 is 10.0 Å². The Balaban J connectivity index is 1.96. The molecular weight excluding hydrogens is 344 g/mol. The van der Waals surface area contributed by atoms with Gasteiger partial charge in [0.25, 0.3) is 5.91 Å². The number of amides is 2. The van der Waals surface area contributed by atoms with Gasteiger partial charge in [-0.05, 0) is 37.2 Å². The summed E-state index contributed by atoms with van der Waals surface area (Å²) < 4.78 is 26.2. The van der Waals surface area contributed by atoms with Gasteiger partial charge in [-0.15, -0.1) is 0 Å². The van der Waals surface area contributed by atoms with Crippen molar-refractivity contribution in [3.63, 3.8) is 0 Å². The number of rotatable bonds is 8. The fraction of sp³-hybridized carbons (Fsp3) is 0.500. The molecule has 1 heterocycles. The van der Waals surface area contributed by atoms with E-state index in [1.54, 1.807) is 0 Å². The second kappa shape index (κ2) is 8.93. The summed E-state index contributed by atoms with van der Waals surface area (Å²) in [5.74, 6) is -0.567. The van der Waals surface area contributed by atoms with Crippen LogP contribution in [0.4, 0.5) is 0 Å². The number of carbonyl (C=O) groups is 2. The van der Waals surface area contributed by atoms with E-state index >= 15 is 0 Å². The number of nitrogens with zero attached hydrogens (tertiary/aromatic N) is 1. The molecule has 1 aromatic carbocycles. The first-order chi connectivity index (χ1) is 11.9. The fourth-order valence-corrected chi connectivity index (χ4v) is 3.81. The van der Waals surface area contributed by atoms with Crippen LogP contribution in [0.25, 0.3) is 0 Å². The Bertz CT molecular complexity index is 703. The minimum atomic E-state index is -3.73. The van der Waals surface area contributed by atoms with Gasteiger partial charge in [0.2, 0.25) is 15.9 Å². The van der Waals surface area contributed by atoms with E-state index in [4.69, 9.17) is 0 Å². The zero-order chi connectivity index (χ0) is 18.3. The van der Waals surface area contributed by atoms with Crippen molar-refractivity contribution < 1.29 is 18.0 Å². The second-order valence-corrected chi connectivity index (χ2v) is 7.66. The quantitative estimate of drug-likeness (QED) is 0.538. The highest BCUT2D eigenvalue weighted by Gasteiger charge is 2.29. The monoisotopic (exact) mass is 368 g/mol. The Morgan fingerprint density at radius 1 is 1.20 bits per heavy atom. The van der Waals surface area contributed by atoms with Crippen molar-refractivity contribution in [2.45, 2.75) is 18.2 Å². The molecule has 1 aromatic rings. The second-order valence-electron chi connectivity index (χ2n) is 5.72. The van der Waals surface area contributed by atoms with E-state index in [1.165, 1.54) is 24.3 Å². The molecule has 1 fully saturated rings. The molecule has 0 bridgehead atoms. The SMILES string of the molecule is CCCNCCNC(=O)c1ccc(S(=O)(=O)N2CCNC(=O)C2)cc1. The number of benzene rings is 1. The van der Waals surface area contributed by atoms with E-state index in [0.717, 1.165) is 17.3 Å². The third kappa shape index (κ3) is 5.25. The summed E-state index contributed by atoms with van der Waals surface area (Å²) in [6.45, 7) is 4.50. The lowest BCUT2D eigenvalue weighted by Crippen LogP contribution is -2.49. The Kier molecular flexibility index (Phi) is 6.91. The van der Waals surface area contributed by atoms with Crippen molar-refractivity contribution in [1.29, 1.82) is 0 Å². The predicted octanol–water partition coefficient (Wildman–Crippen LogP) is -0.463. The first-order valence-electron chi connectivity index (χ1n) is 8.31. The van der Waals surface area contributed by atoms with Crippen molar-refractivity contribution in [2.75, 3.05) is 39.3 Å². The summed E-state index contributed by atoms with van der Waals surface area (Å²) in [7, 11) is -3.73. The number of hydrogen-bond donors (Lipinski definition) is 3. The molecule has 1 aliphatic rings. The van der Waals surface area contributed by atoms with Gasteiger partial charge in [0.15, 0.2) is 0 Å². The van der Waals surface area contributed by atoms with Crippen LogP contribution in [0.5, 0.6) is 0 Å². The van der Waals surface area contributed by atoms with Gasteiger partial charge in [-0.1, -0.05) is 6.92 Å². The lowest BCUT2D eigenvalue weighted by molar-refractivity contribution is -0.122. The van der Waals surface area contributed by atoms with Crippen LogP contribution in [0.1, 0.15) is 23.7 Å². The molecule has 8 nitrogen and oxygen atoms in total. The molecule has 0 aliphatic carbocycles. The van der Waals surface area contributed by atoms with Gasteiger partial charge in [0, 0.05) is 31.7 Å². The molecule has 1 aliphatic heterocycles. The minimum Gasteiger partial charge on any atom is -0.354 e. The van der Waals surface area contributed by atoms with Crippen molar-refractivity contribution >= 4 is 21.8 Å². The van der Waals surface area contributed by atoms with Gasteiger partial charge in [-0.25, -0.2) is 8.42 Å². The summed E-state index contributed by atoms with van der Waals surface area (Å²) in [6, 6.07) is 5.75. The number of piperazine rings is 1. The molecule has 0 aromatic heterocycles. The van der Waals surface area contributed by atoms with Gasteiger partial charge < -0.3 is 16.0 Å². The molecule has 0 unspecified atom stereocenters. The average molecular weight is 368 g/mol. The summed E-state index contributed by atoms with van der Waals surface area (Å²) >= 11 is 0. The van der Waals surface area contributed by atoms with E-state index in [0.29, 0.717) is 25.2 Å². The smallest absolute Gasteiger partial charge is 0.251 e. The normalized spacial score (nSPS) is 15.6. The van der Waals surface area contributed by atoms with E-state index in [-0.39, 0.29) is 29.8 Å². The molecule has 2 rings (SSSR count). The molecule has 0 radical (unpaired) electrons. The van der Waals surface area contributed by atoms with Crippen molar-refractivity contribution in [2.24, 2.45) is 0 Å². The molecule has 3 N–H and O–H groups in total. The van der Waals surface area contributed by atoms with E-state index in [2.05, 4.69) is 22.9 Å². The molecular formula is C16H24N4O4S. The van der Waals surface area contributed by atoms with Crippen molar-refractivity contribution in [1.82, 2.24) is 20.3 Å². The van der Waals surface area contributed by atoms with Crippen LogP contribution >= 0.6 is 0 Å². The largest absolute Gasteiger partial charge is 0.354 e. The number of nitrogens with one attached hydrogen (secondary N) is 3. The van der Waals surface area contributed by atoms with Gasteiger partial charge in [0.05, 0.1) is 11.4 Å². The maximum absolute atomic E-state index is 12.5. The maximum atomic E-state index is 12.5. The van der Waals surface area contributed by atoms with E-state index in [1.807, 2.05) is 0 Å². The number of sulfonamides is 1. The maximum Gasteiger partial charge on any atom is 0.251 e. The van der Waals surface area contributed by atoms with Crippen LogP contribution in [0, 0.1) is 0 Å².